The van der Waals surface area contributed by atoms with Crippen molar-refractivity contribution in [3.8, 4) is 0 Å². The molecule has 2 saturated carbocycles. The molecule has 0 aromatic heterocycles. The van der Waals surface area contributed by atoms with Crippen molar-refractivity contribution < 1.29 is 26.2 Å². The molecule has 146 valence electrons. The zero-order valence-electron chi connectivity index (χ0n) is 18.0. The first-order valence-corrected chi connectivity index (χ1v) is 11.2. The Kier molecular flexibility index (Phi) is 18.9. The summed E-state index contributed by atoms with van der Waals surface area (Å²) in [6, 6.07) is 0. The molecule has 3 fully saturated rings. The second-order valence-electron chi connectivity index (χ2n) is 7.62. The van der Waals surface area contributed by atoms with Gasteiger partial charge in [-0.2, -0.15) is 0 Å². The number of rotatable bonds is 5. The van der Waals surface area contributed by atoms with Crippen molar-refractivity contribution in [2.24, 2.45) is 0 Å². The minimum atomic E-state index is 0. The predicted octanol–water partition coefficient (Wildman–Crippen LogP) is 7.28. The van der Waals surface area contributed by atoms with Gasteiger partial charge in [0, 0.05) is 0 Å². The maximum atomic E-state index is 3.46. The quantitative estimate of drug-likeness (QED) is 0.409. The normalized spacial score (nSPS) is 22.6. The van der Waals surface area contributed by atoms with Gasteiger partial charge in [0.1, 0.15) is 0 Å². The van der Waals surface area contributed by atoms with Crippen LogP contribution < -0.4 is 0 Å². The molecule has 0 aromatic rings. The summed E-state index contributed by atoms with van der Waals surface area (Å²) in [5, 5.41) is 0. The fourth-order valence-corrected chi connectivity index (χ4v) is 3.75. The zero-order valence-corrected chi connectivity index (χ0v) is 20.4. The van der Waals surface area contributed by atoms with Gasteiger partial charge in [-0.25, -0.2) is 0 Å². The van der Waals surface area contributed by atoms with Gasteiger partial charge in [-0.15, -0.1) is 12.8 Å². The molecule has 1 saturated heterocycles. The molecule has 2 aliphatic carbocycles. The molecule has 0 aromatic carbocycles. The van der Waals surface area contributed by atoms with E-state index in [0.717, 1.165) is 25.9 Å². The molecule has 0 N–H and O–H groups in total. The summed E-state index contributed by atoms with van der Waals surface area (Å²) in [7, 11) is 0. The summed E-state index contributed by atoms with van der Waals surface area (Å²) in [4.78, 5) is 2.51. The van der Waals surface area contributed by atoms with E-state index in [0.29, 0.717) is 0 Å². The van der Waals surface area contributed by atoms with Gasteiger partial charge in [-0.05, 0) is 13.0 Å². The van der Waals surface area contributed by atoms with Crippen molar-refractivity contribution >= 4 is 0 Å². The van der Waals surface area contributed by atoms with E-state index in [9.17, 15) is 0 Å². The standard InChI is InChI=1S/C14H23N.2C5H10.Zr/c1-4-7-10-15-11-13(8-5-2)14(12-15)9-6-3;2*1-2-4-5-3-1;/h4-7,10-12H2,1-3H3;2*1-5H2;/q-2;;;+4. The molecule has 3 aliphatic rings. The molecule has 26 heavy (non-hydrogen) atoms. The van der Waals surface area contributed by atoms with Gasteiger partial charge in [0.25, 0.3) is 0 Å². The van der Waals surface area contributed by atoms with Crippen molar-refractivity contribution in [3.63, 3.8) is 0 Å². The van der Waals surface area contributed by atoms with Crippen LogP contribution in [0, 0.1) is 12.2 Å². The Balaban J connectivity index is 0.000000460. The molecular weight excluding hydrogens is 393 g/mol. The summed E-state index contributed by atoms with van der Waals surface area (Å²) in [5.74, 6) is 0. The molecule has 1 nitrogen and oxygen atoms in total. The zero-order chi connectivity index (χ0) is 18.2. The van der Waals surface area contributed by atoms with E-state index in [1.54, 1.807) is 0 Å². The first-order valence-electron chi connectivity index (χ1n) is 11.2. The third-order valence-corrected chi connectivity index (χ3v) is 5.24. The van der Waals surface area contributed by atoms with Crippen LogP contribution in [-0.2, 0) is 26.2 Å². The van der Waals surface area contributed by atoms with Gasteiger partial charge in [0.15, 0.2) is 0 Å². The van der Waals surface area contributed by atoms with Crippen LogP contribution in [0.4, 0.5) is 0 Å². The molecule has 1 aliphatic heterocycles. The van der Waals surface area contributed by atoms with Crippen molar-refractivity contribution in [1.29, 1.82) is 0 Å². The Morgan fingerprint density at radius 3 is 1.27 bits per heavy atom. The molecule has 0 spiro atoms. The molecule has 0 unspecified atom stereocenters. The number of unbranched alkanes of at least 4 members (excludes halogenated alkanes) is 1. The first kappa shape index (κ1) is 26.3. The molecular formula is C24H43NZr+2. The van der Waals surface area contributed by atoms with Crippen molar-refractivity contribution in [2.75, 3.05) is 19.6 Å². The van der Waals surface area contributed by atoms with E-state index in [-0.39, 0.29) is 26.2 Å². The van der Waals surface area contributed by atoms with Gasteiger partial charge in [-0.1, -0.05) is 104 Å². The molecule has 0 radical (unpaired) electrons. The largest absolute Gasteiger partial charge is 4.00 e. The maximum absolute atomic E-state index is 3.46. The molecule has 0 amide bonds. The second kappa shape index (κ2) is 18.7. The number of nitrogens with zero attached hydrogens (tertiary/aromatic N) is 1. The van der Waals surface area contributed by atoms with Crippen LogP contribution in [0.25, 0.3) is 0 Å². The van der Waals surface area contributed by atoms with Crippen LogP contribution >= 0.6 is 0 Å². The van der Waals surface area contributed by atoms with Crippen molar-refractivity contribution in [1.82, 2.24) is 4.90 Å². The first-order chi connectivity index (χ1) is 12.3. The Bertz CT molecular complexity index is 317. The van der Waals surface area contributed by atoms with Gasteiger partial charge in [0.2, 0.25) is 0 Å². The van der Waals surface area contributed by atoms with E-state index in [1.807, 2.05) is 0 Å². The molecule has 0 atom stereocenters. The minimum Gasteiger partial charge on any atom is -0.372 e. The van der Waals surface area contributed by atoms with Gasteiger partial charge in [0.05, 0.1) is 0 Å². The summed E-state index contributed by atoms with van der Waals surface area (Å²) in [5.41, 5.74) is 2.80. The van der Waals surface area contributed by atoms with Crippen LogP contribution in [0.1, 0.15) is 111 Å². The Hall–Kier alpha value is 0.323. The van der Waals surface area contributed by atoms with E-state index in [2.05, 4.69) is 37.8 Å². The average Bonchev–Trinajstić information content (AvgIpc) is 3.39. The molecule has 3 rings (SSSR count). The van der Waals surface area contributed by atoms with Gasteiger partial charge < -0.3 is 28.2 Å². The number of allylic oxidation sites excluding steroid dienone is 2. The van der Waals surface area contributed by atoms with Crippen LogP contribution in [0.3, 0.4) is 0 Å². The van der Waals surface area contributed by atoms with Crippen LogP contribution in [-0.4, -0.2) is 24.5 Å². The van der Waals surface area contributed by atoms with Crippen LogP contribution in [0.15, 0.2) is 11.1 Å². The van der Waals surface area contributed by atoms with E-state index < -0.39 is 0 Å². The summed E-state index contributed by atoms with van der Waals surface area (Å²) in [6.07, 6.45) is 26.5. The number of hydrogen-bond acceptors (Lipinski definition) is 1. The Morgan fingerprint density at radius 2 is 1.00 bits per heavy atom. The summed E-state index contributed by atoms with van der Waals surface area (Å²) < 4.78 is 0. The monoisotopic (exact) mass is 435 g/mol. The molecule has 2 heteroatoms. The fourth-order valence-electron chi connectivity index (χ4n) is 3.75. The number of likely N-dealkylation sites (tertiary alicyclic amines) is 1. The third kappa shape index (κ3) is 12.7. The van der Waals surface area contributed by atoms with Crippen molar-refractivity contribution in [3.05, 3.63) is 23.3 Å². The minimum absolute atomic E-state index is 0. The van der Waals surface area contributed by atoms with E-state index in [1.165, 1.54) is 94.7 Å². The summed E-state index contributed by atoms with van der Waals surface area (Å²) in [6.45, 7) is 9.98. The second-order valence-corrected chi connectivity index (χ2v) is 7.62. The molecule has 1 heterocycles. The fraction of sp³-hybridized carbons (Fsp3) is 0.833. The maximum Gasteiger partial charge on any atom is 4.00 e. The smallest absolute Gasteiger partial charge is 0.372 e. The van der Waals surface area contributed by atoms with E-state index in [4.69, 9.17) is 0 Å². The Labute approximate surface area is 184 Å². The topological polar surface area (TPSA) is 3.24 Å². The van der Waals surface area contributed by atoms with Crippen molar-refractivity contribution in [2.45, 2.75) is 111 Å². The third-order valence-electron chi connectivity index (χ3n) is 5.24. The number of hydrogen-bond donors (Lipinski definition) is 0. The molecule has 0 bridgehead atoms. The van der Waals surface area contributed by atoms with Gasteiger partial charge >= 0.3 is 26.2 Å². The predicted molar refractivity (Wildman–Crippen MR) is 112 cm³/mol. The van der Waals surface area contributed by atoms with Crippen LogP contribution in [0.2, 0.25) is 0 Å². The van der Waals surface area contributed by atoms with E-state index >= 15 is 0 Å². The average molecular weight is 437 g/mol. The summed E-state index contributed by atoms with van der Waals surface area (Å²) >= 11 is 0. The SMILES string of the molecule is C1CCCC1.C1CCCC1.CC[C-]=C1CN(CCCC)CC1=[C-]CC.[Zr+4]. The van der Waals surface area contributed by atoms with Gasteiger partial charge in [-0.3, -0.25) is 0 Å². The van der Waals surface area contributed by atoms with Crippen LogP contribution in [0.5, 0.6) is 0 Å². The Morgan fingerprint density at radius 1 is 0.654 bits per heavy atom.